The van der Waals surface area contributed by atoms with Crippen molar-refractivity contribution in [3.05, 3.63) is 34.0 Å². The average molecular weight is 310 g/mol. The number of hydrogen-bond acceptors (Lipinski definition) is 2. The number of halogens is 1. The zero-order valence-electron chi connectivity index (χ0n) is 11.4. The second kappa shape index (κ2) is 5.45. The first-order valence-electron chi connectivity index (χ1n) is 6.43. The molecule has 0 bridgehead atoms. The van der Waals surface area contributed by atoms with Gasteiger partial charge in [0.15, 0.2) is 0 Å². The average Bonchev–Trinajstić information content (AvgIpc) is 2.63. The van der Waals surface area contributed by atoms with Crippen molar-refractivity contribution < 1.29 is 4.42 Å². The zero-order chi connectivity index (χ0) is 13.3. The summed E-state index contributed by atoms with van der Waals surface area (Å²) in [6.07, 6.45) is 0. The van der Waals surface area contributed by atoms with Gasteiger partial charge in [-0.25, -0.2) is 0 Å². The van der Waals surface area contributed by atoms with Gasteiger partial charge in [-0.05, 0) is 24.1 Å². The van der Waals surface area contributed by atoms with Crippen molar-refractivity contribution in [3.8, 4) is 0 Å². The summed E-state index contributed by atoms with van der Waals surface area (Å²) in [7, 11) is 0. The highest BCUT2D eigenvalue weighted by Crippen LogP contribution is 2.33. The van der Waals surface area contributed by atoms with E-state index in [-0.39, 0.29) is 0 Å². The summed E-state index contributed by atoms with van der Waals surface area (Å²) in [4.78, 5) is 0. The highest BCUT2D eigenvalue weighted by Gasteiger charge is 2.17. The SMILES string of the molecule is CC(C)NCc1oc2ccc(Br)cc2c1C(C)C. The molecule has 2 rings (SSSR count). The van der Waals surface area contributed by atoms with Gasteiger partial charge in [0, 0.05) is 21.5 Å². The van der Waals surface area contributed by atoms with Crippen molar-refractivity contribution in [1.29, 1.82) is 0 Å². The molecule has 0 amide bonds. The van der Waals surface area contributed by atoms with Gasteiger partial charge < -0.3 is 9.73 Å². The smallest absolute Gasteiger partial charge is 0.134 e. The van der Waals surface area contributed by atoms with Gasteiger partial charge in [0.25, 0.3) is 0 Å². The molecule has 0 saturated heterocycles. The Bertz CT molecular complexity index is 543. The van der Waals surface area contributed by atoms with Crippen LogP contribution in [-0.2, 0) is 6.54 Å². The molecule has 0 fully saturated rings. The number of fused-ring (bicyclic) bond motifs is 1. The van der Waals surface area contributed by atoms with Gasteiger partial charge in [-0.2, -0.15) is 0 Å². The molecule has 0 saturated carbocycles. The van der Waals surface area contributed by atoms with Gasteiger partial charge in [0.2, 0.25) is 0 Å². The van der Waals surface area contributed by atoms with Gasteiger partial charge in [-0.15, -0.1) is 0 Å². The predicted octanol–water partition coefficient (Wildman–Crippen LogP) is 4.82. The van der Waals surface area contributed by atoms with Crippen LogP contribution in [0.5, 0.6) is 0 Å². The van der Waals surface area contributed by atoms with Gasteiger partial charge >= 0.3 is 0 Å². The summed E-state index contributed by atoms with van der Waals surface area (Å²) in [6, 6.07) is 6.66. The van der Waals surface area contributed by atoms with Crippen LogP contribution in [0.25, 0.3) is 11.0 Å². The third-order valence-electron chi connectivity index (χ3n) is 3.01. The Kier molecular flexibility index (Phi) is 4.13. The van der Waals surface area contributed by atoms with E-state index in [1.165, 1.54) is 10.9 Å². The van der Waals surface area contributed by atoms with Gasteiger partial charge in [-0.1, -0.05) is 43.6 Å². The summed E-state index contributed by atoms with van der Waals surface area (Å²) < 4.78 is 7.08. The molecule has 98 valence electrons. The molecule has 1 N–H and O–H groups in total. The summed E-state index contributed by atoms with van der Waals surface area (Å²) in [5.74, 6) is 1.52. The highest BCUT2D eigenvalue weighted by molar-refractivity contribution is 9.10. The lowest BCUT2D eigenvalue weighted by molar-refractivity contribution is 0.480. The maximum atomic E-state index is 5.98. The number of hydrogen-bond donors (Lipinski definition) is 1. The highest BCUT2D eigenvalue weighted by atomic mass is 79.9. The summed E-state index contributed by atoms with van der Waals surface area (Å²) in [5, 5.41) is 4.65. The molecule has 3 heteroatoms. The molecule has 1 aromatic carbocycles. The fourth-order valence-corrected chi connectivity index (χ4v) is 2.56. The quantitative estimate of drug-likeness (QED) is 0.876. The van der Waals surface area contributed by atoms with Crippen molar-refractivity contribution in [2.75, 3.05) is 0 Å². The predicted molar refractivity (Wildman–Crippen MR) is 80.0 cm³/mol. The molecule has 0 spiro atoms. The van der Waals surface area contributed by atoms with Crippen LogP contribution in [0.15, 0.2) is 27.1 Å². The number of furan rings is 1. The van der Waals surface area contributed by atoms with Gasteiger partial charge in [-0.3, -0.25) is 0 Å². The maximum Gasteiger partial charge on any atom is 0.134 e. The normalized spacial score (nSPS) is 11.9. The molecule has 0 aliphatic heterocycles. The van der Waals surface area contributed by atoms with E-state index < -0.39 is 0 Å². The Morgan fingerprint density at radius 3 is 2.56 bits per heavy atom. The summed E-state index contributed by atoms with van der Waals surface area (Å²) in [5.41, 5.74) is 2.29. The largest absolute Gasteiger partial charge is 0.459 e. The third kappa shape index (κ3) is 2.78. The number of rotatable bonds is 4. The number of nitrogens with one attached hydrogen (secondary N) is 1. The first kappa shape index (κ1) is 13.6. The van der Waals surface area contributed by atoms with E-state index in [4.69, 9.17) is 4.42 Å². The van der Waals surface area contributed by atoms with E-state index in [1.54, 1.807) is 0 Å². The molecule has 0 atom stereocenters. The van der Waals surface area contributed by atoms with Crippen LogP contribution < -0.4 is 5.32 Å². The molecular formula is C15H20BrNO. The van der Waals surface area contributed by atoms with Crippen molar-refractivity contribution in [2.24, 2.45) is 0 Å². The Morgan fingerprint density at radius 2 is 1.94 bits per heavy atom. The van der Waals surface area contributed by atoms with Crippen LogP contribution in [0, 0.1) is 0 Å². The van der Waals surface area contributed by atoms with Crippen LogP contribution in [0.4, 0.5) is 0 Å². The van der Waals surface area contributed by atoms with Crippen LogP contribution in [0.3, 0.4) is 0 Å². The molecule has 1 aromatic heterocycles. The first-order chi connectivity index (χ1) is 8.49. The first-order valence-corrected chi connectivity index (χ1v) is 7.22. The minimum absolute atomic E-state index is 0.463. The van der Waals surface area contributed by atoms with Crippen LogP contribution in [0.1, 0.15) is 44.9 Å². The second-order valence-corrected chi connectivity index (χ2v) is 6.19. The van der Waals surface area contributed by atoms with E-state index in [9.17, 15) is 0 Å². The summed E-state index contributed by atoms with van der Waals surface area (Å²) >= 11 is 3.53. The zero-order valence-corrected chi connectivity index (χ0v) is 13.0. The van der Waals surface area contributed by atoms with E-state index in [0.717, 1.165) is 22.4 Å². The molecule has 18 heavy (non-hydrogen) atoms. The Balaban J connectivity index is 2.48. The maximum absolute atomic E-state index is 5.98. The minimum Gasteiger partial charge on any atom is -0.459 e. The fourth-order valence-electron chi connectivity index (χ4n) is 2.20. The topological polar surface area (TPSA) is 25.2 Å². The van der Waals surface area contributed by atoms with Gasteiger partial charge in [0.1, 0.15) is 11.3 Å². The molecule has 1 heterocycles. The molecule has 0 aliphatic carbocycles. The van der Waals surface area contributed by atoms with Crippen molar-refractivity contribution in [1.82, 2.24) is 5.32 Å². The lowest BCUT2D eigenvalue weighted by Crippen LogP contribution is -2.22. The molecule has 2 nitrogen and oxygen atoms in total. The van der Waals surface area contributed by atoms with Crippen LogP contribution in [-0.4, -0.2) is 6.04 Å². The Labute approximate surface area is 117 Å². The lowest BCUT2D eigenvalue weighted by Gasteiger charge is -2.09. The van der Waals surface area contributed by atoms with E-state index >= 15 is 0 Å². The molecular weight excluding hydrogens is 290 g/mol. The molecule has 0 aliphatic rings. The second-order valence-electron chi connectivity index (χ2n) is 5.27. The standard InChI is InChI=1S/C15H20BrNO/c1-9(2)15-12-7-11(16)5-6-13(12)18-14(15)8-17-10(3)4/h5-7,9-10,17H,8H2,1-4H3. The molecule has 0 radical (unpaired) electrons. The Hall–Kier alpha value is -0.800. The van der Waals surface area contributed by atoms with Gasteiger partial charge in [0.05, 0.1) is 6.54 Å². The Morgan fingerprint density at radius 1 is 1.22 bits per heavy atom. The summed E-state index contributed by atoms with van der Waals surface area (Å²) in [6.45, 7) is 9.51. The van der Waals surface area contributed by atoms with Crippen LogP contribution >= 0.6 is 15.9 Å². The lowest BCUT2D eigenvalue weighted by atomic mass is 9.99. The van der Waals surface area contributed by atoms with E-state index in [0.29, 0.717) is 12.0 Å². The number of benzene rings is 1. The fraction of sp³-hybridized carbons (Fsp3) is 0.467. The van der Waals surface area contributed by atoms with Crippen molar-refractivity contribution in [2.45, 2.75) is 46.2 Å². The van der Waals surface area contributed by atoms with Crippen LogP contribution in [0.2, 0.25) is 0 Å². The minimum atomic E-state index is 0.463. The monoisotopic (exact) mass is 309 g/mol. The van der Waals surface area contributed by atoms with E-state index in [2.05, 4.69) is 55.0 Å². The molecule has 0 unspecified atom stereocenters. The van der Waals surface area contributed by atoms with Crippen molar-refractivity contribution >= 4 is 26.9 Å². The van der Waals surface area contributed by atoms with Crippen molar-refractivity contribution in [3.63, 3.8) is 0 Å². The molecule has 2 aromatic rings. The van der Waals surface area contributed by atoms with E-state index in [1.807, 2.05) is 12.1 Å². The third-order valence-corrected chi connectivity index (χ3v) is 3.51.